The molecule has 0 heterocycles. The van der Waals surface area contributed by atoms with E-state index in [-0.39, 0.29) is 26.4 Å². The Balaban J connectivity index is 3.86. The summed E-state index contributed by atoms with van der Waals surface area (Å²) in [6.45, 7) is 6.35. The summed E-state index contributed by atoms with van der Waals surface area (Å²) in [5.41, 5.74) is 0. The highest BCUT2D eigenvalue weighted by Gasteiger charge is 2.17. The van der Waals surface area contributed by atoms with Crippen LogP contribution in [-0.2, 0) is 28.4 Å². The lowest BCUT2D eigenvalue weighted by molar-refractivity contribution is -0.0360. The smallest absolute Gasteiger partial charge is 0.435 e. The molecule has 0 spiro atoms. The maximum Gasteiger partial charge on any atom is 0.509 e. The van der Waals surface area contributed by atoms with E-state index in [2.05, 4.69) is 18.9 Å². The first kappa shape index (κ1) is 19.8. The van der Waals surface area contributed by atoms with Crippen LogP contribution < -0.4 is 0 Å². The van der Waals surface area contributed by atoms with Gasteiger partial charge < -0.3 is 28.4 Å². The lowest BCUT2D eigenvalue weighted by Crippen LogP contribution is -2.27. The molecule has 0 rings (SSSR count). The second kappa shape index (κ2) is 11.5. The van der Waals surface area contributed by atoms with Crippen molar-refractivity contribution in [2.45, 2.75) is 39.9 Å². The summed E-state index contributed by atoms with van der Waals surface area (Å²) >= 11 is 0. The first-order chi connectivity index (χ1) is 10.4. The van der Waals surface area contributed by atoms with E-state index in [9.17, 15) is 14.4 Å². The third kappa shape index (κ3) is 10.6. The Bertz CT molecular complexity index is 323. The number of carbonyl (C=O) groups excluding carboxylic acids is 3. The van der Waals surface area contributed by atoms with Crippen LogP contribution in [0.2, 0.25) is 0 Å². The SMILES string of the molecule is CCOC(=O)OCC(C)OC(=O)OC(C)COC(=O)OCC. The molecular formula is C13H22O9. The fourth-order valence-corrected chi connectivity index (χ4v) is 1.11. The van der Waals surface area contributed by atoms with Crippen LogP contribution in [-0.4, -0.2) is 57.1 Å². The van der Waals surface area contributed by atoms with Gasteiger partial charge in [-0.05, 0) is 27.7 Å². The molecule has 0 aromatic rings. The maximum atomic E-state index is 11.4. The lowest BCUT2D eigenvalue weighted by Gasteiger charge is -2.16. The number of hydrogen-bond donors (Lipinski definition) is 0. The van der Waals surface area contributed by atoms with Gasteiger partial charge in [0.05, 0.1) is 13.2 Å². The molecule has 9 nitrogen and oxygen atoms in total. The predicted molar refractivity (Wildman–Crippen MR) is 72.4 cm³/mol. The van der Waals surface area contributed by atoms with E-state index < -0.39 is 30.7 Å². The number of carbonyl (C=O) groups is 3. The molecule has 0 aromatic carbocycles. The Labute approximate surface area is 128 Å². The Morgan fingerprint density at radius 3 is 1.36 bits per heavy atom. The van der Waals surface area contributed by atoms with Gasteiger partial charge in [0.1, 0.15) is 25.4 Å². The molecule has 0 aliphatic heterocycles. The molecule has 128 valence electrons. The van der Waals surface area contributed by atoms with Crippen molar-refractivity contribution in [3.63, 3.8) is 0 Å². The summed E-state index contributed by atoms with van der Waals surface area (Å²) in [7, 11) is 0. The molecule has 0 saturated carbocycles. The molecule has 0 amide bonds. The number of hydrogen-bond acceptors (Lipinski definition) is 9. The van der Waals surface area contributed by atoms with E-state index in [4.69, 9.17) is 9.47 Å². The molecule has 22 heavy (non-hydrogen) atoms. The Hall–Kier alpha value is -2.19. The van der Waals surface area contributed by atoms with Gasteiger partial charge in [0.2, 0.25) is 0 Å². The van der Waals surface area contributed by atoms with Crippen LogP contribution in [0.3, 0.4) is 0 Å². The van der Waals surface area contributed by atoms with Gasteiger partial charge in [0, 0.05) is 0 Å². The van der Waals surface area contributed by atoms with Crippen molar-refractivity contribution < 1.29 is 42.8 Å². The third-order valence-corrected chi connectivity index (χ3v) is 1.99. The van der Waals surface area contributed by atoms with E-state index in [1.807, 2.05) is 0 Å². The first-order valence-electron chi connectivity index (χ1n) is 6.85. The van der Waals surface area contributed by atoms with Gasteiger partial charge in [-0.25, -0.2) is 14.4 Å². The van der Waals surface area contributed by atoms with Gasteiger partial charge in [-0.1, -0.05) is 0 Å². The van der Waals surface area contributed by atoms with Crippen LogP contribution in [0.4, 0.5) is 14.4 Å². The third-order valence-electron chi connectivity index (χ3n) is 1.99. The van der Waals surface area contributed by atoms with Crippen molar-refractivity contribution in [3.8, 4) is 0 Å². The monoisotopic (exact) mass is 322 g/mol. The molecule has 9 heteroatoms. The summed E-state index contributed by atoms with van der Waals surface area (Å²) in [6.07, 6.45) is -4.09. The normalized spacial score (nSPS) is 12.5. The summed E-state index contributed by atoms with van der Waals surface area (Å²) in [4.78, 5) is 33.3. The molecule has 2 unspecified atom stereocenters. The molecule has 0 aliphatic carbocycles. The minimum Gasteiger partial charge on any atom is -0.435 e. The second-order valence-corrected chi connectivity index (χ2v) is 4.09. The molecule has 2 atom stereocenters. The van der Waals surface area contributed by atoms with Crippen LogP contribution in [0.5, 0.6) is 0 Å². The minimum absolute atomic E-state index is 0.165. The first-order valence-corrected chi connectivity index (χ1v) is 6.85. The van der Waals surface area contributed by atoms with Crippen LogP contribution in [0, 0.1) is 0 Å². The zero-order valence-electron chi connectivity index (χ0n) is 13.2. The standard InChI is InChI=1S/C13H22O9/c1-5-17-11(14)19-7-9(3)21-13(16)22-10(4)8-20-12(15)18-6-2/h9-10H,5-8H2,1-4H3. The van der Waals surface area contributed by atoms with Gasteiger partial charge >= 0.3 is 18.5 Å². The van der Waals surface area contributed by atoms with Gasteiger partial charge in [0.25, 0.3) is 0 Å². The van der Waals surface area contributed by atoms with E-state index in [0.717, 1.165) is 0 Å². The molecule has 0 fully saturated rings. The summed E-state index contributed by atoms with van der Waals surface area (Å²) in [5.74, 6) is 0. The van der Waals surface area contributed by atoms with Gasteiger partial charge in [0.15, 0.2) is 0 Å². The van der Waals surface area contributed by atoms with Crippen molar-refractivity contribution >= 4 is 18.5 Å². The van der Waals surface area contributed by atoms with E-state index in [1.165, 1.54) is 13.8 Å². The quantitative estimate of drug-likeness (QED) is 0.491. The molecule has 0 aliphatic rings. The van der Waals surface area contributed by atoms with Crippen molar-refractivity contribution in [3.05, 3.63) is 0 Å². The lowest BCUT2D eigenvalue weighted by atomic mass is 10.4. The average molecular weight is 322 g/mol. The van der Waals surface area contributed by atoms with Gasteiger partial charge in [-0.2, -0.15) is 0 Å². The highest BCUT2D eigenvalue weighted by Crippen LogP contribution is 2.01. The topological polar surface area (TPSA) is 107 Å². The largest absolute Gasteiger partial charge is 0.509 e. The fraction of sp³-hybridized carbons (Fsp3) is 0.769. The Morgan fingerprint density at radius 1 is 0.682 bits per heavy atom. The molecule has 0 bridgehead atoms. The van der Waals surface area contributed by atoms with Crippen LogP contribution in [0.15, 0.2) is 0 Å². The summed E-state index contributed by atoms with van der Waals surface area (Å²) in [6, 6.07) is 0. The van der Waals surface area contributed by atoms with Gasteiger partial charge in [-0.15, -0.1) is 0 Å². The maximum absolute atomic E-state index is 11.4. The zero-order chi connectivity index (χ0) is 17.0. The van der Waals surface area contributed by atoms with Crippen LogP contribution >= 0.6 is 0 Å². The van der Waals surface area contributed by atoms with Crippen LogP contribution in [0.25, 0.3) is 0 Å². The van der Waals surface area contributed by atoms with Crippen molar-refractivity contribution in [2.24, 2.45) is 0 Å². The number of rotatable bonds is 8. The summed E-state index contributed by atoms with van der Waals surface area (Å²) < 4.78 is 28.1. The molecule has 0 N–H and O–H groups in total. The second-order valence-electron chi connectivity index (χ2n) is 4.09. The van der Waals surface area contributed by atoms with Crippen molar-refractivity contribution in [2.75, 3.05) is 26.4 Å². The Morgan fingerprint density at radius 2 is 1.05 bits per heavy atom. The highest BCUT2D eigenvalue weighted by molar-refractivity contribution is 5.61. The molecule has 0 saturated heterocycles. The van der Waals surface area contributed by atoms with E-state index in [0.29, 0.717) is 0 Å². The van der Waals surface area contributed by atoms with Crippen molar-refractivity contribution in [1.82, 2.24) is 0 Å². The van der Waals surface area contributed by atoms with E-state index in [1.54, 1.807) is 13.8 Å². The molecule has 0 aromatic heterocycles. The van der Waals surface area contributed by atoms with Crippen LogP contribution in [0.1, 0.15) is 27.7 Å². The molecular weight excluding hydrogens is 300 g/mol. The zero-order valence-corrected chi connectivity index (χ0v) is 13.2. The molecule has 0 radical (unpaired) electrons. The average Bonchev–Trinajstić information content (AvgIpc) is 2.43. The Kier molecular flexibility index (Phi) is 10.3. The van der Waals surface area contributed by atoms with E-state index >= 15 is 0 Å². The van der Waals surface area contributed by atoms with Crippen molar-refractivity contribution in [1.29, 1.82) is 0 Å². The number of ether oxygens (including phenoxy) is 6. The highest BCUT2D eigenvalue weighted by atomic mass is 16.8. The van der Waals surface area contributed by atoms with Gasteiger partial charge in [-0.3, -0.25) is 0 Å². The summed E-state index contributed by atoms with van der Waals surface area (Å²) in [5, 5.41) is 0. The predicted octanol–water partition coefficient (Wildman–Crippen LogP) is 2.26. The fourth-order valence-electron chi connectivity index (χ4n) is 1.11. The minimum atomic E-state index is -0.972.